The van der Waals surface area contributed by atoms with Gasteiger partial charge in [-0.25, -0.2) is 4.79 Å². The minimum Gasteiger partial charge on any atom is -0.496 e. The van der Waals surface area contributed by atoms with Crippen LogP contribution in [0.3, 0.4) is 0 Å². The van der Waals surface area contributed by atoms with Gasteiger partial charge in [0.25, 0.3) is 0 Å². The molecule has 1 aromatic heterocycles. The number of nitrogens with zero attached hydrogens (tertiary/aromatic N) is 1. The summed E-state index contributed by atoms with van der Waals surface area (Å²) in [6.07, 6.45) is 1.57. The van der Waals surface area contributed by atoms with Gasteiger partial charge in [0.15, 0.2) is 0 Å². The fourth-order valence-corrected chi connectivity index (χ4v) is 1.80. The molecule has 0 aliphatic carbocycles. The Morgan fingerprint density at radius 1 is 1.33 bits per heavy atom. The van der Waals surface area contributed by atoms with Crippen molar-refractivity contribution >= 4 is 5.97 Å². The zero-order chi connectivity index (χ0) is 13.1. The lowest BCUT2D eigenvalue weighted by atomic mass is 10.0. The minimum absolute atomic E-state index is 0.168. The molecule has 1 aromatic carbocycles. The predicted molar refractivity (Wildman–Crippen MR) is 67.9 cm³/mol. The summed E-state index contributed by atoms with van der Waals surface area (Å²) in [5, 5.41) is 9.18. The molecule has 0 amide bonds. The third-order valence-corrected chi connectivity index (χ3v) is 2.65. The normalized spacial score (nSPS) is 10.1. The first-order valence-electron chi connectivity index (χ1n) is 5.47. The average molecular weight is 243 g/mol. The molecule has 2 rings (SSSR count). The van der Waals surface area contributed by atoms with Gasteiger partial charge in [0.2, 0.25) is 0 Å². The van der Waals surface area contributed by atoms with Gasteiger partial charge in [-0.15, -0.1) is 0 Å². The van der Waals surface area contributed by atoms with Crippen LogP contribution in [0.2, 0.25) is 0 Å². The van der Waals surface area contributed by atoms with Crippen molar-refractivity contribution in [2.75, 3.05) is 7.11 Å². The van der Waals surface area contributed by atoms with Gasteiger partial charge in [-0.1, -0.05) is 11.6 Å². The Balaban J connectivity index is 2.68. The fraction of sp³-hybridized carbons (Fsp3) is 0.143. The number of carboxylic acids is 1. The molecule has 18 heavy (non-hydrogen) atoms. The number of methoxy groups -OCH3 is 1. The molecule has 0 unspecified atom stereocenters. The average Bonchev–Trinajstić information content (AvgIpc) is 2.38. The lowest BCUT2D eigenvalue weighted by Crippen LogP contribution is -2.02. The van der Waals surface area contributed by atoms with Crippen molar-refractivity contribution in [2.45, 2.75) is 6.92 Å². The summed E-state index contributed by atoms with van der Waals surface area (Å²) >= 11 is 0. The number of aromatic nitrogens is 1. The Morgan fingerprint density at radius 2 is 2.11 bits per heavy atom. The van der Waals surface area contributed by atoms with Crippen molar-refractivity contribution in [1.82, 2.24) is 4.98 Å². The van der Waals surface area contributed by atoms with Gasteiger partial charge in [-0.3, -0.25) is 4.98 Å². The Labute approximate surface area is 105 Å². The molecule has 0 bridgehead atoms. The zero-order valence-electron chi connectivity index (χ0n) is 10.2. The second-order valence-electron chi connectivity index (χ2n) is 3.91. The molecule has 0 atom stereocenters. The Kier molecular flexibility index (Phi) is 3.28. The molecule has 0 saturated heterocycles. The van der Waals surface area contributed by atoms with Crippen LogP contribution in [0.4, 0.5) is 0 Å². The molecule has 4 heteroatoms. The smallest absolute Gasteiger partial charge is 0.337 e. The highest BCUT2D eigenvalue weighted by Gasteiger charge is 2.15. The minimum atomic E-state index is -0.998. The van der Waals surface area contributed by atoms with Crippen LogP contribution in [-0.2, 0) is 0 Å². The summed E-state index contributed by atoms with van der Waals surface area (Å²) in [7, 11) is 1.55. The van der Waals surface area contributed by atoms with Gasteiger partial charge >= 0.3 is 5.97 Å². The van der Waals surface area contributed by atoms with Gasteiger partial charge in [0, 0.05) is 11.8 Å². The van der Waals surface area contributed by atoms with Crippen molar-refractivity contribution < 1.29 is 14.6 Å². The van der Waals surface area contributed by atoms with Crippen LogP contribution in [0, 0.1) is 6.92 Å². The number of hydrogen-bond donors (Lipinski definition) is 1. The van der Waals surface area contributed by atoms with E-state index in [1.807, 2.05) is 25.1 Å². The molecule has 0 saturated carbocycles. The van der Waals surface area contributed by atoms with E-state index >= 15 is 0 Å². The van der Waals surface area contributed by atoms with E-state index in [9.17, 15) is 9.90 Å². The van der Waals surface area contributed by atoms with Gasteiger partial charge in [-0.05, 0) is 31.2 Å². The monoisotopic (exact) mass is 243 g/mol. The van der Waals surface area contributed by atoms with E-state index in [4.69, 9.17) is 4.74 Å². The number of ether oxygens (including phenoxy) is 1. The van der Waals surface area contributed by atoms with Gasteiger partial charge in [0.1, 0.15) is 5.75 Å². The van der Waals surface area contributed by atoms with Gasteiger partial charge < -0.3 is 9.84 Å². The number of carboxylic acid groups (broad SMARTS) is 1. The molecule has 0 aliphatic rings. The number of pyridine rings is 1. The van der Waals surface area contributed by atoms with Crippen LogP contribution in [0.15, 0.2) is 36.5 Å². The van der Waals surface area contributed by atoms with E-state index in [1.54, 1.807) is 19.4 Å². The SMILES string of the molecule is COc1ccc(C)cc1-c1ncccc1C(=O)O. The van der Waals surface area contributed by atoms with Crippen molar-refractivity contribution in [3.8, 4) is 17.0 Å². The van der Waals surface area contributed by atoms with E-state index in [0.717, 1.165) is 5.56 Å². The van der Waals surface area contributed by atoms with E-state index in [-0.39, 0.29) is 5.56 Å². The molecule has 2 aromatic rings. The first kappa shape index (κ1) is 12.1. The second kappa shape index (κ2) is 4.87. The number of hydrogen-bond acceptors (Lipinski definition) is 3. The summed E-state index contributed by atoms with van der Waals surface area (Å²) in [6, 6.07) is 8.73. The molecule has 0 radical (unpaired) electrons. The second-order valence-corrected chi connectivity index (χ2v) is 3.91. The third-order valence-electron chi connectivity index (χ3n) is 2.65. The van der Waals surface area contributed by atoms with Crippen molar-refractivity contribution in [3.05, 3.63) is 47.7 Å². The Bertz CT molecular complexity index is 593. The number of carbonyl (C=O) groups is 1. The van der Waals surface area contributed by atoms with Crippen LogP contribution < -0.4 is 4.74 Å². The molecule has 0 fully saturated rings. The largest absolute Gasteiger partial charge is 0.496 e. The number of aryl methyl sites for hydroxylation is 1. The highest BCUT2D eigenvalue weighted by Crippen LogP contribution is 2.31. The van der Waals surface area contributed by atoms with Crippen LogP contribution in [0.25, 0.3) is 11.3 Å². The van der Waals surface area contributed by atoms with Gasteiger partial charge in [-0.2, -0.15) is 0 Å². The van der Waals surface area contributed by atoms with Gasteiger partial charge in [0.05, 0.1) is 18.4 Å². The van der Waals surface area contributed by atoms with E-state index < -0.39 is 5.97 Å². The first-order valence-corrected chi connectivity index (χ1v) is 5.47. The molecule has 0 spiro atoms. The summed E-state index contributed by atoms with van der Waals surface area (Å²) < 4.78 is 5.26. The van der Waals surface area contributed by atoms with Crippen LogP contribution in [-0.4, -0.2) is 23.2 Å². The highest BCUT2D eigenvalue weighted by atomic mass is 16.5. The number of benzene rings is 1. The van der Waals surface area contributed by atoms with E-state index in [1.165, 1.54) is 6.07 Å². The highest BCUT2D eigenvalue weighted by molar-refractivity contribution is 5.95. The topological polar surface area (TPSA) is 59.4 Å². The summed E-state index contributed by atoms with van der Waals surface area (Å²) in [5.74, 6) is -0.386. The van der Waals surface area contributed by atoms with Crippen LogP contribution >= 0.6 is 0 Å². The third kappa shape index (κ3) is 2.18. The lowest BCUT2D eigenvalue weighted by molar-refractivity contribution is 0.0697. The van der Waals surface area contributed by atoms with Crippen molar-refractivity contribution in [2.24, 2.45) is 0 Å². The predicted octanol–water partition coefficient (Wildman–Crippen LogP) is 2.76. The quantitative estimate of drug-likeness (QED) is 0.900. The molecule has 1 heterocycles. The summed E-state index contributed by atoms with van der Waals surface area (Å²) in [5.41, 5.74) is 2.30. The van der Waals surface area contributed by atoms with E-state index in [0.29, 0.717) is 17.0 Å². The molecule has 0 aliphatic heterocycles. The van der Waals surface area contributed by atoms with Crippen molar-refractivity contribution in [1.29, 1.82) is 0 Å². The molecule has 92 valence electrons. The molecule has 4 nitrogen and oxygen atoms in total. The summed E-state index contributed by atoms with van der Waals surface area (Å²) in [4.78, 5) is 15.4. The van der Waals surface area contributed by atoms with Crippen LogP contribution in [0.5, 0.6) is 5.75 Å². The standard InChI is InChI=1S/C14H13NO3/c1-9-5-6-12(18-2)11(8-9)13-10(14(16)17)4-3-7-15-13/h3-8H,1-2H3,(H,16,17). The number of aromatic carboxylic acids is 1. The van der Waals surface area contributed by atoms with Crippen LogP contribution in [0.1, 0.15) is 15.9 Å². The lowest BCUT2D eigenvalue weighted by Gasteiger charge is -2.10. The van der Waals surface area contributed by atoms with Crippen molar-refractivity contribution in [3.63, 3.8) is 0 Å². The Morgan fingerprint density at radius 3 is 2.78 bits per heavy atom. The fourth-order valence-electron chi connectivity index (χ4n) is 1.80. The first-order chi connectivity index (χ1) is 8.63. The summed E-state index contributed by atoms with van der Waals surface area (Å²) in [6.45, 7) is 1.94. The Hall–Kier alpha value is -2.36. The molecular formula is C14H13NO3. The molecule has 1 N–H and O–H groups in total. The maximum Gasteiger partial charge on any atom is 0.337 e. The zero-order valence-corrected chi connectivity index (χ0v) is 10.2. The number of rotatable bonds is 3. The maximum atomic E-state index is 11.2. The maximum absolute atomic E-state index is 11.2. The van der Waals surface area contributed by atoms with E-state index in [2.05, 4.69) is 4.98 Å². The molecular weight excluding hydrogens is 230 g/mol.